The molecule has 0 bridgehead atoms. The number of alkyl halides is 3. The largest absolute Gasteiger partial charge is 0.490 e. The van der Waals surface area contributed by atoms with Crippen LogP contribution in [0.2, 0.25) is 0 Å². The van der Waals surface area contributed by atoms with Crippen molar-refractivity contribution < 1.29 is 27.4 Å². The number of halogens is 3. The fourth-order valence-electron chi connectivity index (χ4n) is 2.34. The van der Waals surface area contributed by atoms with Crippen molar-refractivity contribution >= 4 is 5.91 Å². The number of rotatable bonds is 6. The summed E-state index contributed by atoms with van der Waals surface area (Å²) >= 11 is 0. The molecule has 1 N–H and O–H groups in total. The zero-order chi connectivity index (χ0) is 20.6. The van der Waals surface area contributed by atoms with E-state index in [1.165, 1.54) is 12.1 Å². The quantitative estimate of drug-likeness (QED) is 0.748. The van der Waals surface area contributed by atoms with Crippen molar-refractivity contribution in [1.29, 1.82) is 0 Å². The lowest BCUT2D eigenvalue weighted by Crippen LogP contribution is -2.23. The van der Waals surface area contributed by atoms with E-state index in [2.05, 4.69) is 17.2 Å². The van der Waals surface area contributed by atoms with Crippen LogP contribution in [0.3, 0.4) is 0 Å². The van der Waals surface area contributed by atoms with Crippen molar-refractivity contribution in [2.24, 2.45) is 0 Å². The Labute approximate surface area is 161 Å². The standard InChI is InChI=1S/C21H20F3NO3/c1-3-27-18-11-10-16(14-19(18)28-4-2)20(26)25-12-6-8-15-7-5-9-17(13-15)21(22,23)24/h5,7,9-11,13-14H,3-4,12H2,1-2H3,(H,25,26). The topological polar surface area (TPSA) is 47.6 Å². The minimum absolute atomic E-state index is 0.00768. The Morgan fingerprint density at radius 1 is 1.04 bits per heavy atom. The fourth-order valence-corrected chi connectivity index (χ4v) is 2.34. The summed E-state index contributed by atoms with van der Waals surface area (Å²) in [5.74, 6) is 5.90. The minimum Gasteiger partial charge on any atom is -0.490 e. The predicted octanol–water partition coefficient (Wildman–Crippen LogP) is 4.28. The zero-order valence-corrected chi connectivity index (χ0v) is 15.5. The molecular weight excluding hydrogens is 371 g/mol. The summed E-state index contributed by atoms with van der Waals surface area (Å²) in [6.07, 6.45) is -4.42. The van der Waals surface area contributed by atoms with Crippen LogP contribution in [0, 0.1) is 11.8 Å². The van der Waals surface area contributed by atoms with Gasteiger partial charge in [-0.2, -0.15) is 13.2 Å². The zero-order valence-electron chi connectivity index (χ0n) is 15.5. The molecule has 2 aromatic carbocycles. The lowest BCUT2D eigenvalue weighted by atomic mass is 10.1. The van der Waals surface area contributed by atoms with Crippen LogP contribution in [-0.4, -0.2) is 25.7 Å². The summed E-state index contributed by atoms with van der Waals surface area (Å²) in [6.45, 7) is 4.56. The minimum atomic E-state index is -4.42. The van der Waals surface area contributed by atoms with E-state index < -0.39 is 11.7 Å². The monoisotopic (exact) mass is 391 g/mol. The van der Waals surface area contributed by atoms with E-state index in [9.17, 15) is 18.0 Å². The van der Waals surface area contributed by atoms with Crippen molar-refractivity contribution in [2.75, 3.05) is 19.8 Å². The predicted molar refractivity (Wildman–Crippen MR) is 99.4 cm³/mol. The molecule has 4 nitrogen and oxygen atoms in total. The van der Waals surface area contributed by atoms with Crippen LogP contribution >= 0.6 is 0 Å². The third-order valence-electron chi connectivity index (χ3n) is 3.57. The molecule has 0 atom stereocenters. The number of hydrogen-bond donors (Lipinski definition) is 1. The lowest BCUT2D eigenvalue weighted by Gasteiger charge is -2.12. The third-order valence-corrected chi connectivity index (χ3v) is 3.57. The fraction of sp³-hybridized carbons (Fsp3) is 0.286. The molecule has 7 heteroatoms. The smallest absolute Gasteiger partial charge is 0.416 e. The second kappa shape index (κ2) is 9.70. The molecule has 0 unspecified atom stereocenters. The van der Waals surface area contributed by atoms with E-state index in [1.807, 2.05) is 13.8 Å². The molecule has 0 aliphatic heterocycles. The first-order chi connectivity index (χ1) is 13.3. The Morgan fingerprint density at radius 2 is 1.75 bits per heavy atom. The molecule has 28 heavy (non-hydrogen) atoms. The van der Waals surface area contributed by atoms with Gasteiger partial charge in [-0.1, -0.05) is 17.9 Å². The van der Waals surface area contributed by atoms with Crippen LogP contribution < -0.4 is 14.8 Å². The number of nitrogens with one attached hydrogen (secondary N) is 1. The second-order valence-electron chi connectivity index (χ2n) is 5.59. The summed E-state index contributed by atoms with van der Waals surface area (Å²) in [5.41, 5.74) is -0.169. The van der Waals surface area contributed by atoms with Gasteiger partial charge in [-0.3, -0.25) is 4.79 Å². The Kier molecular flexibility index (Phi) is 7.33. The van der Waals surface area contributed by atoms with E-state index in [-0.39, 0.29) is 18.0 Å². The summed E-state index contributed by atoms with van der Waals surface area (Å²) < 4.78 is 49.0. The van der Waals surface area contributed by atoms with Crippen molar-refractivity contribution in [3.05, 3.63) is 59.2 Å². The molecule has 0 aliphatic rings. The first-order valence-corrected chi connectivity index (χ1v) is 8.69. The third kappa shape index (κ3) is 5.95. The Morgan fingerprint density at radius 3 is 2.43 bits per heavy atom. The second-order valence-corrected chi connectivity index (χ2v) is 5.59. The number of benzene rings is 2. The van der Waals surface area contributed by atoms with Gasteiger partial charge in [-0.25, -0.2) is 0 Å². The maximum Gasteiger partial charge on any atom is 0.416 e. The maximum atomic E-state index is 12.7. The molecule has 0 saturated carbocycles. The van der Waals surface area contributed by atoms with Gasteiger partial charge in [0, 0.05) is 11.1 Å². The highest BCUT2D eigenvalue weighted by molar-refractivity contribution is 5.95. The summed E-state index contributed by atoms with van der Waals surface area (Å²) in [5, 5.41) is 2.60. The van der Waals surface area contributed by atoms with Gasteiger partial charge in [0.05, 0.1) is 25.3 Å². The highest BCUT2D eigenvalue weighted by Crippen LogP contribution is 2.29. The molecule has 0 aromatic heterocycles. The van der Waals surface area contributed by atoms with E-state index >= 15 is 0 Å². The Balaban J connectivity index is 2.02. The molecule has 0 aliphatic carbocycles. The molecule has 1 amide bonds. The Hall–Kier alpha value is -3.14. The molecular formula is C21H20F3NO3. The van der Waals surface area contributed by atoms with Gasteiger partial charge >= 0.3 is 6.18 Å². The molecule has 0 fully saturated rings. The maximum absolute atomic E-state index is 12.7. The average molecular weight is 391 g/mol. The van der Waals surface area contributed by atoms with Gasteiger partial charge in [0.1, 0.15) is 0 Å². The van der Waals surface area contributed by atoms with Crippen LogP contribution in [0.15, 0.2) is 42.5 Å². The van der Waals surface area contributed by atoms with Gasteiger partial charge < -0.3 is 14.8 Å². The molecule has 0 saturated heterocycles. The number of carbonyl (C=O) groups excluding carboxylic acids is 1. The SMILES string of the molecule is CCOc1ccc(C(=O)NCC#Cc2cccc(C(F)(F)F)c2)cc1OCC. The molecule has 0 heterocycles. The molecule has 2 rings (SSSR count). The van der Waals surface area contributed by atoms with Crippen LogP contribution in [0.25, 0.3) is 0 Å². The number of carbonyl (C=O) groups is 1. The van der Waals surface area contributed by atoms with E-state index in [1.54, 1.807) is 18.2 Å². The molecule has 0 radical (unpaired) electrons. The van der Waals surface area contributed by atoms with Crippen LogP contribution in [0.4, 0.5) is 13.2 Å². The number of hydrogen-bond acceptors (Lipinski definition) is 3. The van der Waals surface area contributed by atoms with Crippen molar-refractivity contribution in [3.63, 3.8) is 0 Å². The first-order valence-electron chi connectivity index (χ1n) is 8.69. The molecule has 2 aromatic rings. The molecule has 148 valence electrons. The van der Waals surface area contributed by atoms with E-state index in [0.717, 1.165) is 12.1 Å². The van der Waals surface area contributed by atoms with Gasteiger partial charge in [0.2, 0.25) is 0 Å². The summed E-state index contributed by atoms with van der Waals surface area (Å²) in [6, 6.07) is 9.54. The highest BCUT2D eigenvalue weighted by Gasteiger charge is 2.30. The van der Waals surface area contributed by atoms with Gasteiger partial charge in [0.25, 0.3) is 5.91 Å². The van der Waals surface area contributed by atoms with Crippen molar-refractivity contribution in [1.82, 2.24) is 5.32 Å². The van der Waals surface area contributed by atoms with E-state index in [4.69, 9.17) is 9.47 Å². The average Bonchev–Trinajstić information content (AvgIpc) is 2.66. The highest BCUT2D eigenvalue weighted by atomic mass is 19.4. The van der Waals surface area contributed by atoms with Crippen LogP contribution in [0.1, 0.15) is 35.3 Å². The summed E-state index contributed by atoms with van der Waals surface area (Å²) in [7, 11) is 0. The first kappa shape index (κ1) is 21.2. The van der Waals surface area contributed by atoms with E-state index in [0.29, 0.717) is 30.3 Å². The Bertz CT molecular complexity index is 882. The van der Waals surface area contributed by atoms with Crippen molar-refractivity contribution in [2.45, 2.75) is 20.0 Å². The van der Waals surface area contributed by atoms with Gasteiger partial charge in [0.15, 0.2) is 11.5 Å². The summed E-state index contributed by atoms with van der Waals surface area (Å²) in [4.78, 5) is 12.2. The van der Waals surface area contributed by atoms with Crippen LogP contribution in [0.5, 0.6) is 11.5 Å². The van der Waals surface area contributed by atoms with Gasteiger partial charge in [-0.05, 0) is 50.2 Å². The normalized spacial score (nSPS) is 10.6. The van der Waals surface area contributed by atoms with Crippen LogP contribution in [-0.2, 0) is 6.18 Å². The van der Waals surface area contributed by atoms with Gasteiger partial charge in [-0.15, -0.1) is 0 Å². The number of amides is 1. The van der Waals surface area contributed by atoms with Crippen molar-refractivity contribution in [3.8, 4) is 23.3 Å². The number of ether oxygens (including phenoxy) is 2. The lowest BCUT2D eigenvalue weighted by molar-refractivity contribution is -0.137. The molecule has 0 spiro atoms.